The molecule has 0 bridgehead atoms. The Hall–Kier alpha value is -6.48. The van der Waals surface area contributed by atoms with E-state index >= 15 is 0 Å². The van der Waals surface area contributed by atoms with Gasteiger partial charge < -0.3 is 38.5 Å². The Labute approximate surface area is 415 Å². The monoisotopic (exact) mass is 968 g/mol. The van der Waals surface area contributed by atoms with Crippen molar-refractivity contribution in [2.45, 2.75) is 81.9 Å². The van der Waals surface area contributed by atoms with Gasteiger partial charge in [0.1, 0.15) is 18.3 Å². The molecule has 0 aromatic heterocycles. The van der Waals surface area contributed by atoms with E-state index in [0.717, 1.165) is 104 Å². The van der Waals surface area contributed by atoms with E-state index < -0.39 is 5.25 Å². The van der Waals surface area contributed by atoms with E-state index in [1.165, 1.54) is 11.8 Å². The Morgan fingerprint density at radius 2 is 1.73 bits per heavy atom. The summed E-state index contributed by atoms with van der Waals surface area (Å²) < 4.78 is 17.7. The number of amides is 3. The zero-order valence-corrected chi connectivity index (χ0v) is 41.6. The Morgan fingerprint density at radius 3 is 2.49 bits per heavy atom. The van der Waals surface area contributed by atoms with Crippen LogP contribution in [0.1, 0.15) is 88.8 Å². The van der Waals surface area contributed by atoms with Gasteiger partial charge in [-0.3, -0.25) is 29.3 Å². The predicted octanol–water partition coefficient (Wildman–Crippen LogP) is 8.91. The van der Waals surface area contributed by atoms with Gasteiger partial charge in [0.25, 0.3) is 11.8 Å². The molecule has 0 N–H and O–H groups in total. The van der Waals surface area contributed by atoms with Crippen LogP contribution in [0.15, 0.2) is 76.7 Å². The fraction of sp³-hybridized carbons (Fsp3) is 0.436. The van der Waals surface area contributed by atoms with Crippen LogP contribution < -0.4 is 28.9 Å². The summed E-state index contributed by atoms with van der Waals surface area (Å²) in [6, 6.07) is 21.2. The number of aldehydes is 2. The molecule has 4 aromatic rings. The van der Waals surface area contributed by atoms with Gasteiger partial charge in [0.15, 0.2) is 11.5 Å². The number of aliphatic imine (C=N–C) groups is 2. The quantitative estimate of drug-likeness (QED) is 0.0425. The number of nitrogens with zero attached hydrogens (tertiary/aromatic N) is 6. The molecule has 0 radical (unpaired) electrons. The number of ether oxygens (including phenoxy) is 3. The van der Waals surface area contributed by atoms with Crippen LogP contribution in [-0.4, -0.2) is 120 Å². The number of unbranched alkanes of at least 4 members (excludes halogenated alkanes) is 1. The molecule has 4 aromatic carbocycles. The van der Waals surface area contributed by atoms with E-state index in [1.807, 2.05) is 67.7 Å². The summed E-state index contributed by atoms with van der Waals surface area (Å²) in [7, 11) is 7.02. The molecule has 2 unspecified atom stereocenters. The Kier molecular flexibility index (Phi) is 16.4. The summed E-state index contributed by atoms with van der Waals surface area (Å²) in [6.07, 6.45) is 12.1. The lowest BCUT2D eigenvalue weighted by Crippen LogP contribution is -2.37. The lowest BCUT2D eigenvalue weighted by atomic mass is 9.82. The fourth-order valence-electron chi connectivity index (χ4n) is 10.2. The van der Waals surface area contributed by atoms with E-state index in [9.17, 15) is 24.0 Å². The van der Waals surface area contributed by atoms with E-state index in [1.54, 1.807) is 36.2 Å². The smallest absolute Gasteiger partial charge is 0.261 e. The average Bonchev–Trinajstić information content (AvgIpc) is 3.96. The molecule has 4 aliphatic rings. The SMILES string of the molecule is C=Nc1cc(OCCCCc2cc3c(cc2OC)C(=O)N2c4ccccc4CC2C=N3)c(OC)cc1C(=O)N1CCc2cc(N(C)CCCSC(C=O)CC(=O)N(C)CC3CCC(C=O)CC3)ccc21. The first kappa shape index (κ1) is 49.9. The second-order valence-electron chi connectivity index (χ2n) is 18.8. The van der Waals surface area contributed by atoms with Crippen molar-refractivity contribution in [2.24, 2.45) is 21.8 Å². The molecule has 3 heterocycles. The van der Waals surface area contributed by atoms with Crippen molar-refractivity contribution in [2.75, 3.05) is 75.0 Å². The van der Waals surface area contributed by atoms with Crippen molar-refractivity contribution in [1.29, 1.82) is 0 Å². The van der Waals surface area contributed by atoms with Crippen LogP contribution >= 0.6 is 11.8 Å². The summed E-state index contributed by atoms with van der Waals surface area (Å²) in [6.45, 7) is 6.11. The largest absolute Gasteiger partial charge is 0.496 e. The number of fused-ring (bicyclic) bond motifs is 5. The van der Waals surface area contributed by atoms with Crippen molar-refractivity contribution in [3.8, 4) is 17.2 Å². The van der Waals surface area contributed by atoms with Crippen LogP contribution in [-0.2, 0) is 33.6 Å². The van der Waals surface area contributed by atoms with Crippen LogP contribution in [0.3, 0.4) is 0 Å². The van der Waals surface area contributed by atoms with Gasteiger partial charge in [-0.05, 0) is 135 Å². The number of methoxy groups -OCH3 is 2. The molecule has 3 amide bonds. The van der Waals surface area contributed by atoms with E-state index in [4.69, 9.17) is 19.2 Å². The minimum atomic E-state index is -0.390. The van der Waals surface area contributed by atoms with Gasteiger partial charge in [-0.15, -0.1) is 0 Å². The maximum absolute atomic E-state index is 14.2. The van der Waals surface area contributed by atoms with E-state index in [0.29, 0.717) is 84.6 Å². The summed E-state index contributed by atoms with van der Waals surface area (Å²) in [5.41, 5.74) is 7.92. The molecule has 368 valence electrons. The molecule has 2 atom stereocenters. The second-order valence-corrected chi connectivity index (χ2v) is 20.1. The molecule has 0 spiro atoms. The fourth-order valence-corrected chi connectivity index (χ4v) is 11.1. The number of anilines is 3. The molecular formula is C55H64N6O8S. The van der Waals surface area contributed by atoms with Gasteiger partial charge in [0, 0.05) is 81.8 Å². The predicted molar refractivity (Wildman–Crippen MR) is 278 cm³/mol. The molecule has 1 fully saturated rings. The van der Waals surface area contributed by atoms with Crippen LogP contribution in [0.25, 0.3) is 0 Å². The van der Waals surface area contributed by atoms with E-state index in [2.05, 4.69) is 28.7 Å². The first-order valence-corrected chi connectivity index (χ1v) is 25.5. The minimum Gasteiger partial charge on any atom is -0.496 e. The molecule has 14 nitrogen and oxygen atoms in total. The zero-order valence-electron chi connectivity index (χ0n) is 40.8. The van der Waals surface area contributed by atoms with Crippen molar-refractivity contribution < 1.29 is 38.2 Å². The molecular weight excluding hydrogens is 905 g/mol. The number of thioether (sulfide) groups is 1. The molecule has 0 saturated heterocycles. The van der Waals surface area contributed by atoms with Gasteiger partial charge in [0.05, 0.1) is 54.6 Å². The number of para-hydroxylation sites is 1. The van der Waals surface area contributed by atoms with E-state index in [-0.39, 0.29) is 36.1 Å². The van der Waals surface area contributed by atoms with Crippen molar-refractivity contribution >= 4 is 83.4 Å². The van der Waals surface area contributed by atoms with Crippen molar-refractivity contribution in [3.63, 3.8) is 0 Å². The van der Waals surface area contributed by atoms with Gasteiger partial charge in [0.2, 0.25) is 5.91 Å². The molecule has 70 heavy (non-hydrogen) atoms. The standard InChI is InChI=1S/C55H64N6O8S/c1-56-46-31-52(69-23-9-8-12-40-27-47-45(29-50(40)67-4)55(66)61-42(32-57-47)26-38-11-6-7-13-49(38)61)51(68-5)30-44(46)54(65)60-22-20-39-25-41(18-19-48(39)60)58(2)21-10-24-70-43(35-63)28-53(64)59(3)33-36-14-16-37(34-62)17-15-36/h6-7,11,13,18-19,25,27,29-32,34-37,42-43H,1,8-10,12,14-17,20-24,26,28,33H2,2-5H3. The van der Waals surface area contributed by atoms with Crippen LogP contribution in [0, 0.1) is 11.8 Å². The second kappa shape index (κ2) is 23.0. The third-order valence-electron chi connectivity index (χ3n) is 14.2. The number of rotatable bonds is 22. The lowest BCUT2D eigenvalue weighted by molar-refractivity contribution is -0.131. The van der Waals surface area contributed by atoms with Gasteiger partial charge >= 0.3 is 0 Å². The third-order valence-corrected chi connectivity index (χ3v) is 15.4. The van der Waals surface area contributed by atoms with Crippen LogP contribution in [0.5, 0.6) is 17.2 Å². The molecule has 8 rings (SSSR count). The maximum atomic E-state index is 14.2. The topological polar surface area (TPSA) is 151 Å². The van der Waals surface area contributed by atoms with Crippen LogP contribution in [0.4, 0.5) is 28.4 Å². The van der Waals surface area contributed by atoms with Crippen molar-refractivity contribution in [1.82, 2.24) is 4.90 Å². The number of hydrogen-bond donors (Lipinski definition) is 0. The molecule has 1 aliphatic carbocycles. The highest BCUT2D eigenvalue weighted by Gasteiger charge is 2.36. The third kappa shape index (κ3) is 11.1. The number of hydrogen-bond acceptors (Lipinski definition) is 12. The van der Waals surface area contributed by atoms with Gasteiger partial charge in [-0.1, -0.05) is 18.2 Å². The minimum absolute atomic E-state index is 0.0181. The lowest BCUT2D eigenvalue weighted by Gasteiger charge is -2.29. The summed E-state index contributed by atoms with van der Waals surface area (Å²) in [5.74, 6) is 2.53. The highest BCUT2D eigenvalue weighted by Crippen LogP contribution is 2.41. The zero-order chi connectivity index (χ0) is 49.3. The summed E-state index contributed by atoms with van der Waals surface area (Å²) in [5, 5.41) is -0.390. The number of carbonyl (C=O) groups excluding carboxylic acids is 5. The summed E-state index contributed by atoms with van der Waals surface area (Å²) >= 11 is 1.52. The van der Waals surface area contributed by atoms with Gasteiger partial charge in [-0.25, -0.2) is 0 Å². The number of benzene rings is 4. The normalized spacial score (nSPS) is 18.2. The summed E-state index contributed by atoms with van der Waals surface area (Å²) in [4.78, 5) is 80.6. The maximum Gasteiger partial charge on any atom is 0.261 e. The Bertz CT molecular complexity index is 2630. The first-order chi connectivity index (χ1) is 34.0. The van der Waals surface area contributed by atoms with Gasteiger partial charge in [-0.2, -0.15) is 11.8 Å². The van der Waals surface area contributed by atoms with Crippen molar-refractivity contribution in [3.05, 3.63) is 94.5 Å². The first-order valence-electron chi connectivity index (χ1n) is 24.4. The number of carbonyl (C=O) groups is 5. The van der Waals surface area contributed by atoms with Crippen LogP contribution in [0.2, 0.25) is 0 Å². The number of aryl methyl sites for hydroxylation is 1. The highest BCUT2D eigenvalue weighted by molar-refractivity contribution is 8.00. The Balaban J connectivity index is 0.810. The molecule has 1 saturated carbocycles. The molecule has 15 heteroatoms. The Morgan fingerprint density at radius 1 is 0.929 bits per heavy atom. The molecule has 3 aliphatic heterocycles. The highest BCUT2D eigenvalue weighted by atomic mass is 32.2. The average molecular weight is 969 g/mol.